The number of hydrogen-bond donors (Lipinski definition) is 0. The molecular formula is C22H21NaO6. The van der Waals surface area contributed by atoms with E-state index in [4.69, 9.17) is 13.9 Å². The van der Waals surface area contributed by atoms with Crippen LogP contribution in [0.4, 0.5) is 0 Å². The maximum absolute atomic E-state index is 11.9. The fourth-order valence-corrected chi connectivity index (χ4v) is 2.88. The minimum absolute atomic E-state index is 0. The number of para-hydroxylation sites is 1. The number of fused-ring (bicyclic) bond motifs is 1. The van der Waals surface area contributed by atoms with Crippen LogP contribution >= 0.6 is 0 Å². The third kappa shape index (κ3) is 6.10. The fourth-order valence-electron chi connectivity index (χ4n) is 2.88. The molecule has 0 aliphatic carbocycles. The largest absolute Gasteiger partial charge is 1.00 e. The van der Waals surface area contributed by atoms with Gasteiger partial charge in [-0.3, -0.25) is 4.79 Å². The van der Waals surface area contributed by atoms with Gasteiger partial charge in [-0.25, -0.2) is 0 Å². The molecule has 0 unspecified atom stereocenters. The average molecular weight is 404 g/mol. The van der Waals surface area contributed by atoms with Crippen LogP contribution in [0.2, 0.25) is 0 Å². The van der Waals surface area contributed by atoms with E-state index in [0.29, 0.717) is 25.4 Å². The van der Waals surface area contributed by atoms with Crippen molar-refractivity contribution in [3.63, 3.8) is 0 Å². The Balaban J connectivity index is 0.00000300. The number of carboxylic acids is 1. The Bertz CT molecular complexity index is 1030. The van der Waals surface area contributed by atoms with E-state index in [-0.39, 0.29) is 40.5 Å². The van der Waals surface area contributed by atoms with Crippen LogP contribution in [-0.4, -0.2) is 19.2 Å². The summed E-state index contributed by atoms with van der Waals surface area (Å²) in [6, 6.07) is 13.6. The van der Waals surface area contributed by atoms with E-state index < -0.39 is 17.2 Å². The van der Waals surface area contributed by atoms with Crippen molar-refractivity contribution in [3.8, 4) is 11.5 Å². The first kappa shape index (κ1) is 23.0. The molecule has 29 heavy (non-hydrogen) atoms. The molecule has 146 valence electrons. The molecule has 3 aromatic rings. The molecule has 0 aliphatic rings. The number of ether oxygens (including phenoxy) is 2. The van der Waals surface area contributed by atoms with Gasteiger partial charge < -0.3 is 23.8 Å². The van der Waals surface area contributed by atoms with Crippen LogP contribution in [0.5, 0.6) is 11.5 Å². The maximum atomic E-state index is 11.9. The third-order valence-corrected chi connectivity index (χ3v) is 4.21. The van der Waals surface area contributed by atoms with Crippen LogP contribution in [0, 0.1) is 0 Å². The van der Waals surface area contributed by atoms with Gasteiger partial charge in [0, 0.05) is 18.6 Å². The second-order valence-corrected chi connectivity index (χ2v) is 6.33. The first-order chi connectivity index (χ1) is 13.6. The molecule has 0 fully saturated rings. The van der Waals surface area contributed by atoms with Gasteiger partial charge in [-0.05, 0) is 30.2 Å². The number of rotatable bonds is 9. The first-order valence-electron chi connectivity index (χ1n) is 9.21. The molecule has 7 heteroatoms. The molecule has 2 aromatic carbocycles. The van der Waals surface area contributed by atoms with Crippen LogP contribution in [0.15, 0.2) is 57.7 Å². The topological polar surface area (TPSA) is 88.8 Å². The molecule has 6 nitrogen and oxygen atoms in total. The molecule has 0 atom stereocenters. The van der Waals surface area contributed by atoms with E-state index in [0.717, 1.165) is 24.7 Å². The molecule has 1 aromatic heterocycles. The molecule has 0 amide bonds. The number of carbonyl (C=O) groups is 1. The Kier molecular flexibility index (Phi) is 8.76. The third-order valence-electron chi connectivity index (χ3n) is 4.21. The number of aromatic carboxylic acids is 1. The normalized spacial score (nSPS) is 10.4. The van der Waals surface area contributed by atoms with Crippen molar-refractivity contribution < 1.29 is 53.3 Å². The summed E-state index contributed by atoms with van der Waals surface area (Å²) in [5.74, 6) is -0.663. The summed E-state index contributed by atoms with van der Waals surface area (Å²) in [5.41, 5.74) is 0.902. The molecule has 0 radical (unpaired) electrons. The van der Waals surface area contributed by atoms with Crippen molar-refractivity contribution in [2.24, 2.45) is 0 Å². The van der Waals surface area contributed by atoms with Gasteiger partial charge in [0.05, 0.1) is 18.6 Å². The summed E-state index contributed by atoms with van der Waals surface area (Å²) in [6.07, 6.45) is 2.70. The van der Waals surface area contributed by atoms with Crippen molar-refractivity contribution >= 4 is 16.9 Å². The molecule has 0 N–H and O–H groups in total. The van der Waals surface area contributed by atoms with Gasteiger partial charge in [0.15, 0.2) is 11.2 Å². The molecule has 0 spiro atoms. The van der Waals surface area contributed by atoms with Crippen molar-refractivity contribution in [1.29, 1.82) is 0 Å². The van der Waals surface area contributed by atoms with Crippen LogP contribution in [-0.2, 0) is 6.42 Å². The van der Waals surface area contributed by atoms with E-state index in [9.17, 15) is 14.7 Å². The zero-order valence-corrected chi connectivity index (χ0v) is 18.6. The van der Waals surface area contributed by atoms with Gasteiger partial charge >= 0.3 is 29.6 Å². The summed E-state index contributed by atoms with van der Waals surface area (Å²) in [5, 5.41) is 11.2. The predicted octanol–water partition coefficient (Wildman–Crippen LogP) is -0.0391. The SMILES string of the molecule is CCCc1ccccc1OCCCOc1ccc2c(=O)cc(C(=O)[O-])oc2c1.[Na+]. The smallest absolute Gasteiger partial charge is 0.542 e. The van der Waals surface area contributed by atoms with E-state index in [1.54, 1.807) is 12.1 Å². The number of carbonyl (C=O) groups excluding carboxylic acids is 1. The molecule has 0 saturated carbocycles. The van der Waals surface area contributed by atoms with E-state index in [1.165, 1.54) is 11.6 Å². The molecule has 1 heterocycles. The van der Waals surface area contributed by atoms with Crippen LogP contribution in [0.25, 0.3) is 11.0 Å². The minimum Gasteiger partial charge on any atom is -0.542 e. The molecule has 0 bridgehead atoms. The number of aryl methyl sites for hydroxylation is 1. The van der Waals surface area contributed by atoms with E-state index >= 15 is 0 Å². The van der Waals surface area contributed by atoms with Crippen molar-refractivity contribution in [1.82, 2.24) is 0 Å². The summed E-state index contributed by atoms with van der Waals surface area (Å²) >= 11 is 0. The van der Waals surface area contributed by atoms with Gasteiger partial charge in [-0.1, -0.05) is 31.5 Å². The minimum atomic E-state index is -1.54. The molecule has 0 aliphatic heterocycles. The summed E-state index contributed by atoms with van der Waals surface area (Å²) < 4.78 is 16.7. The molecule has 3 rings (SSSR count). The van der Waals surface area contributed by atoms with Crippen LogP contribution in [0.3, 0.4) is 0 Å². The summed E-state index contributed by atoms with van der Waals surface area (Å²) in [4.78, 5) is 22.8. The number of hydrogen-bond acceptors (Lipinski definition) is 6. The van der Waals surface area contributed by atoms with Gasteiger partial charge in [0.25, 0.3) is 0 Å². The van der Waals surface area contributed by atoms with E-state index in [2.05, 4.69) is 13.0 Å². The Hall–Kier alpha value is -2.28. The van der Waals surface area contributed by atoms with Crippen molar-refractivity contribution in [2.75, 3.05) is 13.2 Å². The van der Waals surface area contributed by atoms with Gasteiger partial charge in [-0.2, -0.15) is 0 Å². The number of benzene rings is 2. The fraction of sp³-hybridized carbons (Fsp3) is 0.273. The monoisotopic (exact) mass is 404 g/mol. The Labute approximate surface area is 190 Å². The van der Waals surface area contributed by atoms with Crippen molar-refractivity contribution in [2.45, 2.75) is 26.2 Å². The van der Waals surface area contributed by atoms with Crippen LogP contribution < -0.4 is 49.6 Å². The van der Waals surface area contributed by atoms with Gasteiger partial charge in [-0.15, -0.1) is 0 Å². The Morgan fingerprint density at radius 2 is 1.83 bits per heavy atom. The van der Waals surface area contributed by atoms with E-state index in [1.807, 2.05) is 18.2 Å². The van der Waals surface area contributed by atoms with Crippen molar-refractivity contribution in [3.05, 3.63) is 70.1 Å². The first-order valence-corrected chi connectivity index (χ1v) is 9.21. The zero-order valence-electron chi connectivity index (χ0n) is 16.6. The van der Waals surface area contributed by atoms with Gasteiger partial charge in [0.1, 0.15) is 23.1 Å². The zero-order chi connectivity index (χ0) is 19.9. The standard InChI is InChI=1S/C22H22O6.Na/c1-2-6-15-7-3-4-8-19(15)27-12-5-11-26-16-9-10-17-18(23)14-21(22(24)25)28-20(17)13-16;/h3-4,7-10,13-14H,2,5-6,11-12H2,1H3,(H,24,25);/q;+1/p-1. The quantitative estimate of drug-likeness (QED) is 0.367. The van der Waals surface area contributed by atoms with Crippen LogP contribution in [0.1, 0.15) is 35.9 Å². The Morgan fingerprint density at radius 3 is 2.59 bits per heavy atom. The summed E-state index contributed by atoms with van der Waals surface area (Å²) in [6.45, 7) is 3.05. The summed E-state index contributed by atoms with van der Waals surface area (Å²) in [7, 11) is 0. The second kappa shape index (κ2) is 11.0. The maximum Gasteiger partial charge on any atom is 1.00 e. The van der Waals surface area contributed by atoms with Gasteiger partial charge in [0.2, 0.25) is 0 Å². The molecule has 0 saturated heterocycles. The second-order valence-electron chi connectivity index (χ2n) is 6.33. The predicted molar refractivity (Wildman–Crippen MR) is 103 cm³/mol. The number of carboxylic acid groups (broad SMARTS) is 1. The molecular weight excluding hydrogens is 383 g/mol. The average Bonchev–Trinajstić information content (AvgIpc) is 2.68. The Morgan fingerprint density at radius 1 is 1.07 bits per heavy atom.